The number of hydrogen-bond acceptors (Lipinski definition) is 11. The van der Waals surface area contributed by atoms with Crippen LogP contribution in [0.25, 0.3) is 0 Å². The van der Waals surface area contributed by atoms with E-state index in [0.717, 1.165) is 57.8 Å². The summed E-state index contributed by atoms with van der Waals surface area (Å²) in [6, 6.07) is 7.19. The van der Waals surface area contributed by atoms with E-state index in [-0.39, 0.29) is 28.4 Å². The largest absolute Gasteiger partial charge is 0.586 e. The number of nitrogens with zero attached hydrogens (tertiary/aromatic N) is 5. The first-order valence-electron chi connectivity index (χ1n) is 15.3. The molecule has 0 unspecified atom stereocenters. The Kier molecular flexibility index (Phi) is 9.28. The molecule has 0 spiro atoms. The first kappa shape index (κ1) is 33.3. The standard InChI is InChI=1S/C32H37BrF2N7O4P/c1-6-20-17-24(27(44-3)18-25(20)42-11-9-21(10-12-42)41-15-13-40(2)14-16-41)38-31-36-19-22(33)30(39-31)37-23-7-8-26-28(29(23)47(4,5)43)46-32(34,35)45-26/h1,7-8,17-19,21H,9-16H2,2-5H3,(H2,36,37,38,39). The maximum Gasteiger partial charge on any atom is 0.586 e. The predicted octanol–water partition coefficient (Wildman–Crippen LogP) is 5.50. The summed E-state index contributed by atoms with van der Waals surface area (Å²) in [4.78, 5) is 16.3. The highest BCUT2D eigenvalue weighted by molar-refractivity contribution is 9.10. The maximum absolute atomic E-state index is 13.9. The summed E-state index contributed by atoms with van der Waals surface area (Å²) in [5.74, 6) is 3.44. The van der Waals surface area contributed by atoms with Crippen LogP contribution >= 0.6 is 23.1 Å². The highest BCUT2D eigenvalue weighted by Gasteiger charge is 2.46. The van der Waals surface area contributed by atoms with Gasteiger partial charge in [-0.05, 0) is 67.3 Å². The maximum atomic E-state index is 13.9. The van der Waals surface area contributed by atoms with Gasteiger partial charge in [0.25, 0.3) is 0 Å². The molecule has 3 aliphatic rings. The van der Waals surface area contributed by atoms with Crippen molar-refractivity contribution in [2.24, 2.45) is 0 Å². The van der Waals surface area contributed by atoms with Crippen LogP contribution in [-0.2, 0) is 4.57 Å². The molecule has 250 valence electrons. The Morgan fingerprint density at radius 3 is 2.47 bits per heavy atom. The molecule has 2 saturated heterocycles. The number of fused-ring (bicyclic) bond motifs is 1. The number of benzene rings is 2. The van der Waals surface area contributed by atoms with Gasteiger partial charge in [-0.1, -0.05) is 5.92 Å². The van der Waals surface area contributed by atoms with Gasteiger partial charge in [-0.2, -0.15) is 4.98 Å². The van der Waals surface area contributed by atoms with Crippen molar-refractivity contribution in [1.29, 1.82) is 0 Å². The number of likely N-dealkylation sites (N-methyl/N-ethyl adjacent to an activating group) is 1. The molecule has 3 aliphatic heterocycles. The molecule has 0 bridgehead atoms. The van der Waals surface area contributed by atoms with Crippen molar-refractivity contribution in [3.63, 3.8) is 0 Å². The number of aromatic nitrogens is 2. The monoisotopic (exact) mass is 731 g/mol. The van der Waals surface area contributed by atoms with Gasteiger partial charge in [0, 0.05) is 63.1 Å². The highest BCUT2D eigenvalue weighted by atomic mass is 79.9. The van der Waals surface area contributed by atoms with E-state index < -0.39 is 13.4 Å². The first-order valence-corrected chi connectivity index (χ1v) is 18.7. The van der Waals surface area contributed by atoms with E-state index in [4.69, 9.17) is 15.9 Å². The van der Waals surface area contributed by atoms with Crippen LogP contribution < -0.4 is 35.0 Å². The van der Waals surface area contributed by atoms with Crippen LogP contribution in [0.5, 0.6) is 17.2 Å². The SMILES string of the molecule is C#Cc1cc(Nc2ncc(Br)c(Nc3ccc4c(c3P(C)(C)=O)OC(F)(F)O4)n2)c(OC)cc1N1CCC(N2CCN(C)CC2)CC1. The lowest BCUT2D eigenvalue weighted by Crippen LogP contribution is -2.52. The average molecular weight is 733 g/mol. The molecule has 2 fully saturated rings. The van der Waals surface area contributed by atoms with Gasteiger partial charge in [-0.25, -0.2) is 4.98 Å². The van der Waals surface area contributed by atoms with Crippen LogP contribution in [0.3, 0.4) is 0 Å². The van der Waals surface area contributed by atoms with Crippen molar-refractivity contribution in [3.05, 3.63) is 40.5 Å². The third-order valence-corrected chi connectivity index (χ3v) is 10.8. The van der Waals surface area contributed by atoms with Crippen LogP contribution in [0.1, 0.15) is 18.4 Å². The molecule has 11 nitrogen and oxygen atoms in total. The summed E-state index contributed by atoms with van der Waals surface area (Å²) < 4.78 is 56.6. The minimum atomic E-state index is -3.86. The molecule has 0 radical (unpaired) electrons. The number of terminal acetylenes is 1. The number of rotatable bonds is 8. The molecular weight excluding hydrogens is 695 g/mol. The van der Waals surface area contributed by atoms with Crippen molar-refractivity contribution in [2.45, 2.75) is 25.2 Å². The second kappa shape index (κ2) is 13.1. The third kappa shape index (κ3) is 7.14. The fourth-order valence-corrected chi connectivity index (χ4v) is 7.92. The molecule has 2 N–H and O–H groups in total. The van der Waals surface area contributed by atoms with Crippen LogP contribution in [0.4, 0.5) is 37.6 Å². The van der Waals surface area contributed by atoms with Gasteiger partial charge in [-0.3, -0.25) is 4.90 Å². The molecule has 6 rings (SSSR count). The van der Waals surface area contributed by atoms with Crippen molar-refractivity contribution >= 4 is 57.2 Å². The van der Waals surface area contributed by atoms with Gasteiger partial charge in [0.15, 0.2) is 11.5 Å². The molecule has 2 aromatic carbocycles. The molecule has 1 aromatic heterocycles. The Balaban J connectivity index is 1.22. The number of hydrogen-bond donors (Lipinski definition) is 2. The van der Waals surface area contributed by atoms with Gasteiger partial charge in [0.1, 0.15) is 18.7 Å². The second-order valence-corrected chi connectivity index (χ2v) is 16.2. The highest BCUT2D eigenvalue weighted by Crippen LogP contribution is 2.50. The lowest BCUT2D eigenvalue weighted by Gasteiger charge is -2.42. The van der Waals surface area contributed by atoms with Crippen molar-refractivity contribution in [3.8, 4) is 29.6 Å². The lowest BCUT2D eigenvalue weighted by molar-refractivity contribution is -0.286. The number of methoxy groups -OCH3 is 1. The molecule has 4 heterocycles. The normalized spacial score (nSPS) is 18.6. The van der Waals surface area contributed by atoms with E-state index in [1.54, 1.807) is 7.11 Å². The second-order valence-electron chi connectivity index (χ2n) is 12.2. The number of ether oxygens (including phenoxy) is 3. The lowest BCUT2D eigenvalue weighted by atomic mass is 10.00. The molecule has 0 amide bonds. The minimum Gasteiger partial charge on any atom is -0.494 e. The van der Waals surface area contributed by atoms with Crippen LogP contribution in [-0.4, -0.2) is 98.9 Å². The summed E-state index contributed by atoms with van der Waals surface area (Å²) in [6.45, 7) is 9.14. The van der Waals surface area contributed by atoms with Crippen molar-refractivity contribution in [1.82, 2.24) is 19.8 Å². The van der Waals surface area contributed by atoms with E-state index in [1.165, 1.54) is 31.7 Å². The predicted molar refractivity (Wildman–Crippen MR) is 183 cm³/mol. The summed E-state index contributed by atoms with van der Waals surface area (Å²) in [6.07, 6.45) is 5.82. The number of halogens is 3. The van der Waals surface area contributed by atoms with E-state index in [9.17, 15) is 13.3 Å². The Bertz CT molecular complexity index is 1750. The van der Waals surface area contributed by atoms with Gasteiger partial charge in [0.2, 0.25) is 5.95 Å². The average Bonchev–Trinajstić information content (AvgIpc) is 3.35. The van der Waals surface area contributed by atoms with Gasteiger partial charge >= 0.3 is 6.29 Å². The summed E-state index contributed by atoms with van der Waals surface area (Å²) >= 11 is 3.44. The first-order chi connectivity index (χ1) is 22.3. The smallest absolute Gasteiger partial charge is 0.494 e. The quantitative estimate of drug-likeness (QED) is 0.227. The number of piperidine rings is 1. The molecular formula is C32H37BrF2N7O4P. The fourth-order valence-electron chi connectivity index (χ4n) is 6.27. The number of piperazine rings is 1. The van der Waals surface area contributed by atoms with Crippen LogP contribution in [0.2, 0.25) is 0 Å². The zero-order valence-electron chi connectivity index (χ0n) is 26.6. The Morgan fingerprint density at radius 1 is 1.09 bits per heavy atom. The number of nitrogens with one attached hydrogen (secondary N) is 2. The molecule has 0 saturated carbocycles. The van der Waals surface area contributed by atoms with Crippen molar-refractivity contribution < 1.29 is 27.6 Å². The molecule has 0 atom stereocenters. The van der Waals surface area contributed by atoms with Crippen molar-refractivity contribution in [2.75, 3.05) is 82.3 Å². The Labute approximate surface area is 281 Å². The van der Waals surface area contributed by atoms with Gasteiger partial charge < -0.3 is 39.2 Å². The Hall–Kier alpha value is -3.63. The topological polar surface area (TPSA) is 104 Å². The van der Waals surface area contributed by atoms with Crippen LogP contribution in [0.15, 0.2) is 34.9 Å². The van der Waals surface area contributed by atoms with Crippen LogP contribution in [0, 0.1) is 12.3 Å². The number of anilines is 5. The van der Waals surface area contributed by atoms with E-state index in [1.807, 2.05) is 12.1 Å². The zero-order chi connectivity index (χ0) is 33.5. The minimum absolute atomic E-state index is 0.0793. The summed E-state index contributed by atoms with van der Waals surface area (Å²) in [5, 5.41) is 6.38. The molecule has 15 heteroatoms. The number of alkyl halides is 2. The molecule has 3 aromatic rings. The Morgan fingerprint density at radius 2 is 1.81 bits per heavy atom. The van der Waals surface area contributed by atoms with Gasteiger partial charge in [-0.15, -0.1) is 15.2 Å². The summed E-state index contributed by atoms with van der Waals surface area (Å²) in [7, 11) is 0.625. The third-order valence-electron chi connectivity index (χ3n) is 8.66. The van der Waals surface area contributed by atoms with E-state index >= 15 is 0 Å². The molecule has 47 heavy (non-hydrogen) atoms. The van der Waals surface area contributed by atoms with E-state index in [0.29, 0.717) is 33.3 Å². The molecule has 0 aliphatic carbocycles. The summed E-state index contributed by atoms with van der Waals surface area (Å²) in [5.41, 5.74) is 2.50. The van der Waals surface area contributed by atoms with E-state index in [2.05, 4.69) is 68.9 Å². The fraction of sp³-hybridized carbons (Fsp3) is 0.438. The zero-order valence-corrected chi connectivity index (χ0v) is 29.1. The van der Waals surface area contributed by atoms with Gasteiger partial charge in [0.05, 0.1) is 33.9 Å².